The standard InChI is InChI=1S/C49H88N2O7/c1-3-5-7-9-11-13-15-17-19-21-23-25-27-30-34-38-44(39-35-31-29-32-36-40-46(53)50-42-47(54)51-45(43-52)49(56)57)58-48(55)41-37-33-28-26-24-22-20-18-16-14-12-10-8-6-4-2/h12,14,18,20-21,23,44-45,52H,3-11,13,15-17,19,22,24-43H2,1-2H3,(H,50,53)(H,51,54)(H,56,57)/b14-12-,20-18-,23-21-. The number of amides is 2. The zero-order chi connectivity index (χ0) is 42.6. The van der Waals surface area contributed by atoms with Gasteiger partial charge in [-0.1, -0.05) is 153 Å². The summed E-state index contributed by atoms with van der Waals surface area (Å²) in [5, 5.41) is 22.6. The molecule has 9 heteroatoms. The van der Waals surface area contributed by atoms with E-state index in [2.05, 4.69) is 60.9 Å². The van der Waals surface area contributed by atoms with Crippen LogP contribution in [0.3, 0.4) is 0 Å². The average Bonchev–Trinajstić information content (AvgIpc) is 3.21. The van der Waals surface area contributed by atoms with Crippen LogP contribution in [0.4, 0.5) is 0 Å². The number of carboxylic acid groups (broad SMARTS) is 1. The van der Waals surface area contributed by atoms with Crippen molar-refractivity contribution >= 4 is 23.8 Å². The van der Waals surface area contributed by atoms with Crippen molar-refractivity contribution in [2.75, 3.05) is 13.2 Å². The van der Waals surface area contributed by atoms with Crippen molar-refractivity contribution in [1.29, 1.82) is 0 Å². The molecule has 0 aromatic rings. The predicted octanol–water partition coefficient (Wildman–Crippen LogP) is 12.2. The highest BCUT2D eigenvalue weighted by molar-refractivity contribution is 5.87. The topological polar surface area (TPSA) is 142 Å². The Labute approximate surface area is 355 Å². The zero-order valence-corrected chi connectivity index (χ0v) is 37.3. The minimum atomic E-state index is -1.38. The fourth-order valence-electron chi connectivity index (χ4n) is 6.92. The summed E-state index contributed by atoms with van der Waals surface area (Å²) in [4.78, 5) is 47.7. The van der Waals surface area contributed by atoms with Crippen LogP contribution >= 0.6 is 0 Å². The summed E-state index contributed by atoms with van der Waals surface area (Å²) < 4.78 is 6.04. The van der Waals surface area contributed by atoms with Crippen LogP contribution in [0.15, 0.2) is 36.5 Å². The first kappa shape index (κ1) is 55.1. The summed E-state index contributed by atoms with van der Waals surface area (Å²) >= 11 is 0. The molecule has 58 heavy (non-hydrogen) atoms. The lowest BCUT2D eigenvalue weighted by molar-refractivity contribution is -0.150. The van der Waals surface area contributed by atoms with Gasteiger partial charge >= 0.3 is 11.9 Å². The molecule has 0 rings (SSSR count). The number of rotatable bonds is 43. The van der Waals surface area contributed by atoms with Crippen molar-refractivity contribution in [2.24, 2.45) is 0 Å². The highest BCUT2D eigenvalue weighted by Crippen LogP contribution is 2.18. The first-order valence-electron chi connectivity index (χ1n) is 23.9. The van der Waals surface area contributed by atoms with Gasteiger partial charge in [0, 0.05) is 12.8 Å². The van der Waals surface area contributed by atoms with Gasteiger partial charge in [0.15, 0.2) is 0 Å². The van der Waals surface area contributed by atoms with E-state index in [1.54, 1.807) is 0 Å². The van der Waals surface area contributed by atoms with Gasteiger partial charge in [-0.3, -0.25) is 14.4 Å². The number of hydrogen-bond donors (Lipinski definition) is 4. The maximum absolute atomic E-state index is 12.8. The zero-order valence-electron chi connectivity index (χ0n) is 37.3. The third kappa shape index (κ3) is 39.9. The second-order valence-electron chi connectivity index (χ2n) is 16.2. The molecule has 0 radical (unpaired) electrons. The lowest BCUT2D eigenvalue weighted by atomic mass is 10.0. The molecule has 2 unspecified atom stereocenters. The van der Waals surface area contributed by atoms with Crippen molar-refractivity contribution < 1.29 is 34.1 Å². The summed E-state index contributed by atoms with van der Waals surface area (Å²) in [5.74, 6) is -2.31. The van der Waals surface area contributed by atoms with Gasteiger partial charge in [0.05, 0.1) is 13.2 Å². The second-order valence-corrected chi connectivity index (χ2v) is 16.2. The third-order valence-electron chi connectivity index (χ3n) is 10.6. The molecule has 0 saturated heterocycles. The van der Waals surface area contributed by atoms with E-state index in [1.165, 1.54) is 103 Å². The molecule has 0 saturated carbocycles. The molecule has 336 valence electrons. The number of aliphatic hydroxyl groups excluding tert-OH is 1. The molecule has 2 amide bonds. The first-order chi connectivity index (χ1) is 28.3. The van der Waals surface area contributed by atoms with E-state index >= 15 is 0 Å². The number of allylic oxidation sites excluding steroid dienone is 6. The van der Waals surface area contributed by atoms with Crippen LogP contribution in [0.2, 0.25) is 0 Å². The van der Waals surface area contributed by atoms with Gasteiger partial charge in [0.2, 0.25) is 11.8 Å². The summed E-state index contributed by atoms with van der Waals surface area (Å²) in [6.07, 6.45) is 50.2. The van der Waals surface area contributed by atoms with E-state index in [-0.39, 0.29) is 24.5 Å². The molecular weight excluding hydrogens is 729 g/mol. The molecule has 0 fully saturated rings. The van der Waals surface area contributed by atoms with E-state index in [0.29, 0.717) is 19.3 Å². The van der Waals surface area contributed by atoms with Crippen molar-refractivity contribution in [1.82, 2.24) is 10.6 Å². The minimum absolute atomic E-state index is 0.0357. The van der Waals surface area contributed by atoms with E-state index in [0.717, 1.165) is 89.9 Å². The number of carbonyl (C=O) groups excluding carboxylic acids is 3. The third-order valence-corrected chi connectivity index (χ3v) is 10.6. The maximum atomic E-state index is 12.8. The number of carboxylic acids is 1. The average molecular weight is 817 g/mol. The smallest absolute Gasteiger partial charge is 0.328 e. The van der Waals surface area contributed by atoms with Crippen LogP contribution in [0.5, 0.6) is 0 Å². The normalized spacial score (nSPS) is 12.7. The number of ether oxygens (including phenoxy) is 1. The van der Waals surface area contributed by atoms with Crippen molar-refractivity contribution in [3.05, 3.63) is 36.5 Å². The Balaban J connectivity index is 4.38. The Morgan fingerprint density at radius 3 is 1.45 bits per heavy atom. The quantitative estimate of drug-likeness (QED) is 0.0273. The highest BCUT2D eigenvalue weighted by Gasteiger charge is 2.19. The molecule has 0 spiro atoms. The molecule has 0 heterocycles. The molecule has 2 atom stereocenters. The van der Waals surface area contributed by atoms with Crippen LogP contribution in [0.1, 0.15) is 226 Å². The van der Waals surface area contributed by atoms with Gasteiger partial charge < -0.3 is 25.6 Å². The van der Waals surface area contributed by atoms with Crippen molar-refractivity contribution in [3.8, 4) is 0 Å². The molecule has 9 nitrogen and oxygen atoms in total. The fourth-order valence-corrected chi connectivity index (χ4v) is 6.92. The van der Waals surface area contributed by atoms with Gasteiger partial charge in [-0.15, -0.1) is 0 Å². The molecule has 0 aliphatic heterocycles. The lowest BCUT2D eigenvalue weighted by Gasteiger charge is -2.18. The number of hydrogen-bond acceptors (Lipinski definition) is 6. The van der Waals surface area contributed by atoms with Crippen LogP contribution in [-0.2, 0) is 23.9 Å². The minimum Gasteiger partial charge on any atom is -0.480 e. The van der Waals surface area contributed by atoms with Crippen LogP contribution < -0.4 is 10.6 Å². The van der Waals surface area contributed by atoms with Gasteiger partial charge in [0.1, 0.15) is 12.1 Å². The number of nitrogens with one attached hydrogen (secondary N) is 2. The Morgan fingerprint density at radius 2 is 0.931 bits per heavy atom. The lowest BCUT2D eigenvalue weighted by Crippen LogP contribution is -2.47. The van der Waals surface area contributed by atoms with E-state index < -0.39 is 24.5 Å². The van der Waals surface area contributed by atoms with E-state index in [9.17, 15) is 19.2 Å². The SMILES string of the molecule is CCCCC/C=C\C/C=C\CCCCCCCC(=O)OC(CCCCC/C=C\CCCCCCCCCC)CCCCCCCC(=O)NCC(=O)NC(CO)C(=O)O. The Morgan fingerprint density at radius 1 is 0.517 bits per heavy atom. The molecule has 0 bridgehead atoms. The molecule has 0 aromatic carbocycles. The maximum Gasteiger partial charge on any atom is 0.328 e. The van der Waals surface area contributed by atoms with Gasteiger partial charge in [-0.25, -0.2) is 4.79 Å². The van der Waals surface area contributed by atoms with Gasteiger partial charge in [0.25, 0.3) is 0 Å². The van der Waals surface area contributed by atoms with Crippen LogP contribution in [0.25, 0.3) is 0 Å². The number of esters is 1. The van der Waals surface area contributed by atoms with Gasteiger partial charge in [-0.2, -0.15) is 0 Å². The Bertz CT molecular complexity index is 1070. The second kappa shape index (κ2) is 43.6. The Kier molecular flexibility index (Phi) is 41.4. The fraction of sp³-hybridized carbons (Fsp3) is 0.796. The summed E-state index contributed by atoms with van der Waals surface area (Å²) in [7, 11) is 0. The largest absolute Gasteiger partial charge is 0.480 e. The van der Waals surface area contributed by atoms with Gasteiger partial charge in [-0.05, 0) is 96.3 Å². The number of aliphatic hydroxyl groups is 1. The number of unbranched alkanes of at least 4 members (excludes halogenated alkanes) is 23. The van der Waals surface area contributed by atoms with E-state index in [1.807, 2.05) is 0 Å². The number of aliphatic carboxylic acids is 1. The highest BCUT2D eigenvalue weighted by atomic mass is 16.5. The molecular formula is C49H88N2O7. The molecule has 0 aliphatic carbocycles. The summed E-state index contributed by atoms with van der Waals surface area (Å²) in [6, 6.07) is -1.38. The van der Waals surface area contributed by atoms with Crippen LogP contribution in [-0.4, -0.2) is 59.3 Å². The molecule has 0 aromatic heterocycles. The van der Waals surface area contributed by atoms with Crippen molar-refractivity contribution in [3.63, 3.8) is 0 Å². The summed E-state index contributed by atoms with van der Waals surface area (Å²) in [5.41, 5.74) is 0. The van der Waals surface area contributed by atoms with Crippen molar-refractivity contribution in [2.45, 2.75) is 238 Å². The molecule has 4 N–H and O–H groups in total. The number of carbonyl (C=O) groups is 4. The predicted molar refractivity (Wildman–Crippen MR) is 241 cm³/mol. The summed E-state index contributed by atoms with van der Waals surface area (Å²) in [6.45, 7) is 3.46. The monoisotopic (exact) mass is 817 g/mol. The van der Waals surface area contributed by atoms with E-state index in [4.69, 9.17) is 14.9 Å². The Hall–Kier alpha value is -2.94. The first-order valence-corrected chi connectivity index (χ1v) is 23.9. The van der Waals surface area contributed by atoms with Crippen LogP contribution in [0, 0.1) is 0 Å². The molecule has 0 aliphatic rings.